The molecule has 1 aromatic carbocycles. The molecule has 6 heteroatoms. The highest BCUT2D eigenvalue weighted by Crippen LogP contribution is 2.19. The molecule has 0 atom stereocenters. The highest BCUT2D eigenvalue weighted by Gasteiger charge is 2.09. The van der Waals surface area contributed by atoms with Gasteiger partial charge in [0.05, 0.1) is 12.8 Å². The summed E-state index contributed by atoms with van der Waals surface area (Å²) in [5, 5.41) is 11.2. The molecule has 0 bridgehead atoms. The Kier molecular flexibility index (Phi) is 6.44. The van der Waals surface area contributed by atoms with E-state index in [1.54, 1.807) is 14.2 Å². The smallest absolute Gasteiger partial charge is 0.191 e. The second-order valence-electron chi connectivity index (χ2n) is 6.19. The summed E-state index contributed by atoms with van der Waals surface area (Å²) < 4.78 is 7.38. The van der Waals surface area contributed by atoms with Gasteiger partial charge in [-0.25, -0.2) is 0 Å². The lowest BCUT2D eigenvalue weighted by atomic mass is 10.1. The number of nitrogens with zero attached hydrogens (tertiary/aromatic N) is 3. The van der Waals surface area contributed by atoms with Gasteiger partial charge in [0.15, 0.2) is 5.96 Å². The van der Waals surface area contributed by atoms with E-state index in [0.29, 0.717) is 6.54 Å². The summed E-state index contributed by atoms with van der Waals surface area (Å²) in [6, 6.07) is 6.21. The van der Waals surface area contributed by atoms with Gasteiger partial charge in [0.2, 0.25) is 0 Å². The number of aryl methyl sites for hydroxylation is 3. The van der Waals surface area contributed by atoms with Crippen molar-refractivity contribution in [2.24, 2.45) is 12.0 Å². The molecule has 1 aromatic heterocycles. The van der Waals surface area contributed by atoms with Crippen LogP contribution in [0.5, 0.6) is 5.75 Å². The molecule has 0 aliphatic heterocycles. The summed E-state index contributed by atoms with van der Waals surface area (Å²) in [5.74, 6) is 1.67. The molecule has 0 saturated carbocycles. The Bertz CT molecular complexity index is 749. The van der Waals surface area contributed by atoms with Crippen LogP contribution in [0.3, 0.4) is 0 Å². The quantitative estimate of drug-likeness (QED) is 0.624. The van der Waals surface area contributed by atoms with Crippen LogP contribution in [0.1, 0.15) is 28.1 Å². The summed E-state index contributed by atoms with van der Waals surface area (Å²) in [7, 11) is 5.46. The van der Waals surface area contributed by atoms with Gasteiger partial charge in [0.25, 0.3) is 0 Å². The van der Waals surface area contributed by atoms with Gasteiger partial charge >= 0.3 is 0 Å². The maximum absolute atomic E-state index is 5.45. The lowest BCUT2D eigenvalue weighted by Gasteiger charge is -2.14. The van der Waals surface area contributed by atoms with Gasteiger partial charge < -0.3 is 15.4 Å². The molecule has 0 unspecified atom stereocenters. The van der Waals surface area contributed by atoms with E-state index >= 15 is 0 Å². The summed E-state index contributed by atoms with van der Waals surface area (Å²) in [6.45, 7) is 7.68. The zero-order valence-corrected chi connectivity index (χ0v) is 16.1. The van der Waals surface area contributed by atoms with Crippen LogP contribution >= 0.6 is 0 Å². The fourth-order valence-corrected chi connectivity index (χ4v) is 2.88. The Morgan fingerprint density at radius 1 is 1.24 bits per heavy atom. The molecule has 25 heavy (non-hydrogen) atoms. The zero-order chi connectivity index (χ0) is 18.4. The Hall–Kier alpha value is -2.50. The van der Waals surface area contributed by atoms with Gasteiger partial charge in [-0.3, -0.25) is 9.67 Å². The van der Waals surface area contributed by atoms with Crippen molar-refractivity contribution in [3.05, 3.63) is 46.3 Å². The van der Waals surface area contributed by atoms with Gasteiger partial charge in [0, 0.05) is 38.4 Å². The SMILES string of the molecule is CN=C(NCCc1c(C)nn(C)c1C)NCc1ccc(C)cc1OC. The molecule has 0 spiro atoms. The fourth-order valence-electron chi connectivity index (χ4n) is 2.88. The van der Waals surface area contributed by atoms with Gasteiger partial charge in [-0.05, 0) is 44.4 Å². The molecule has 0 saturated heterocycles. The molecule has 1 heterocycles. The summed E-state index contributed by atoms with van der Waals surface area (Å²) in [6.07, 6.45) is 0.917. The molecule has 6 nitrogen and oxygen atoms in total. The maximum Gasteiger partial charge on any atom is 0.191 e. The van der Waals surface area contributed by atoms with Crippen LogP contribution in [0.25, 0.3) is 0 Å². The van der Waals surface area contributed by atoms with Gasteiger partial charge in [-0.15, -0.1) is 0 Å². The maximum atomic E-state index is 5.45. The molecule has 0 fully saturated rings. The fraction of sp³-hybridized carbons (Fsp3) is 0.474. The van der Waals surface area contributed by atoms with Crippen LogP contribution in [0.4, 0.5) is 0 Å². The third-order valence-corrected chi connectivity index (χ3v) is 4.44. The molecule has 0 radical (unpaired) electrons. The van der Waals surface area contributed by atoms with E-state index in [-0.39, 0.29) is 0 Å². The number of nitrogens with one attached hydrogen (secondary N) is 2. The van der Waals surface area contributed by atoms with Crippen molar-refractivity contribution in [2.45, 2.75) is 33.7 Å². The molecular formula is C19H29N5O. The van der Waals surface area contributed by atoms with E-state index in [9.17, 15) is 0 Å². The summed E-state index contributed by atoms with van der Waals surface area (Å²) in [5.41, 5.74) is 5.90. The Labute approximate surface area is 150 Å². The number of ether oxygens (including phenoxy) is 1. The number of guanidine groups is 1. The number of methoxy groups -OCH3 is 1. The van der Waals surface area contributed by atoms with Crippen LogP contribution in [0, 0.1) is 20.8 Å². The van der Waals surface area contributed by atoms with Crippen molar-refractivity contribution >= 4 is 5.96 Å². The first-order valence-electron chi connectivity index (χ1n) is 8.53. The number of benzene rings is 1. The van der Waals surface area contributed by atoms with Crippen LogP contribution in [-0.4, -0.2) is 36.4 Å². The number of aliphatic imine (C=N–C) groups is 1. The molecule has 2 rings (SSSR count). The second kappa shape index (κ2) is 8.55. The van der Waals surface area contributed by atoms with Crippen molar-refractivity contribution in [3.8, 4) is 5.75 Å². The van der Waals surface area contributed by atoms with E-state index in [4.69, 9.17) is 4.74 Å². The third kappa shape index (κ3) is 4.75. The normalized spacial score (nSPS) is 11.5. The number of rotatable bonds is 6. The number of hydrogen-bond acceptors (Lipinski definition) is 3. The number of aromatic nitrogens is 2. The lowest BCUT2D eigenvalue weighted by Crippen LogP contribution is -2.38. The predicted octanol–water partition coefficient (Wildman–Crippen LogP) is 2.26. The van der Waals surface area contributed by atoms with Crippen LogP contribution in [-0.2, 0) is 20.0 Å². The minimum atomic E-state index is 0.661. The highest BCUT2D eigenvalue weighted by atomic mass is 16.5. The Morgan fingerprint density at radius 2 is 2.00 bits per heavy atom. The zero-order valence-electron chi connectivity index (χ0n) is 16.1. The van der Waals surface area contributed by atoms with Gasteiger partial charge in [0.1, 0.15) is 5.75 Å². The Morgan fingerprint density at radius 3 is 2.60 bits per heavy atom. The standard InChI is InChI=1S/C19H29N5O/c1-13-7-8-16(18(11-13)25-6)12-22-19(20-4)21-10-9-17-14(2)23-24(5)15(17)3/h7-8,11H,9-10,12H2,1-6H3,(H2,20,21,22). The minimum absolute atomic E-state index is 0.661. The van der Waals surface area contributed by atoms with E-state index < -0.39 is 0 Å². The topological polar surface area (TPSA) is 63.5 Å². The largest absolute Gasteiger partial charge is 0.496 e. The van der Waals surface area contributed by atoms with E-state index in [0.717, 1.165) is 35.9 Å². The first-order valence-corrected chi connectivity index (χ1v) is 8.53. The van der Waals surface area contributed by atoms with Crippen LogP contribution in [0.15, 0.2) is 23.2 Å². The lowest BCUT2D eigenvalue weighted by molar-refractivity contribution is 0.408. The molecule has 0 aliphatic rings. The predicted molar refractivity (Wildman–Crippen MR) is 102 cm³/mol. The second-order valence-corrected chi connectivity index (χ2v) is 6.19. The molecule has 0 aliphatic carbocycles. The monoisotopic (exact) mass is 343 g/mol. The molecule has 2 aromatic rings. The molecule has 136 valence electrons. The van der Waals surface area contributed by atoms with Gasteiger partial charge in [-0.1, -0.05) is 12.1 Å². The van der Waals surface area contributed by atoms with Crippen molar-refractivity contribution in [1.82, 2.24) is 20.4 Å². The van der Waals surface area contributed by atoms with Crippen molar-refractivity contribution in [1.29, 1.82) is 0 Å². The van der Waals surface area contributed by atoms with Crippen LogP contribution < -0.4 is 15.4 Å². The number of hydrogen-bond donors (Lipinski definition) is 2. The third-order valence-electron chi connectivity index (χ3n) is 4.44. The van der Waals surface area contributed by atoms with Crippen molar-refractivity contribution in [3.63, 3.8) is 0 Å². The van der Waals surface area contributed by atoms with Crippen LogP contribution in [0.2, 0.25) is 0 Å². The summed E-state index contributed by atoms with van der Waals surface area (Å²) >= 11 is 0. The molecule has 2 N–H and O–H groups in total. The molecular weight excluding hydrogens is 314 g/mol. The Balaban J connectivity index is 1.89. The van der Waals surface area contributed by atoms with E-state index in [1.165, 1.54) is 16.8 Å². The molecule has 0 amide bonds. The van der Waals surface area contributed by atoms with E-state index in [1.807, 2.05) is 17.8 Å². The first kappa shape index (κ1) is 18.8. The van der Waals surface area contributed by atoms with E-state index in [2.05, 4.69) is 53.6 Å². The first-order chi connectivity index (χ1) is 12.0. The average Bonchev–Trinajstić information content (AvgIpc) is 2.84. The van der Waals surface area contributed by atoms with Crippen molar-refractivity contribution < 1.29 is 4.74 Å². The average molecular weight is 343 g/mol. The van der Waals surface area contributed by atoms with Crippen molar-refractivity contribution in [2.75, 3.05) is 20.7 Å². The van der Waals surface area contributed by atoms with Gasteiger partial charge in [-0.2, -0.15) is 5.10 Å². The summed E-state index contributed by atoms with van der Waals surface area (Å²) in [4.78, 5) is 4.29. The minimum Gasteiger partial charge on any atom is -0.496 e. The highest BCUT2D eigenvalue weighted by molar-refractivity contribution is 5.79.